The number of benzene rings is 1. The fraction of sp³-hybridized carbons (Fsp3) is 0.421. The molecule has 0 aliphatic heterocycles. The van der Waals surface area contributed by atoms with Crippen molar-refractivity contribution in [1.29, 1.82) is 0 Å². The van der Waals surface area contributed by atoms with Gasteiger partial charge in [0.25, 0.3) is 0 Å². The van der Waals surface area contributed by atoms with E-state index in [4.69, 9.17) is 22.3 Å². The summed E-state index contributed by atoms with van der Waals surface area (Å²) in [4.78, 5) is 14.4. The van der Waals surface area contributed by atoms with Crippen LogP contribution in [0.4, 0.5) is 5.82 Å². The highest BCUT2D eigenvalue weighted by atomic mass is 35.5. The van der Waals surface area contributed by atoms with Crippen LogP contribution in [0.2, 0.25) is 5.02 Å². The SMILES string of the molecule is Cc1cc(Cl)cc(Sc2nc3c(N)ncnc3n2CC2CCCCC2)c1. The van der Waals surface area contributed by atoms with Gasteiger partial charge in [-0.1, -0.05) is 42.6 Å². The molecule has 3 aromatic rings. The average Bonchev–Trinajstić information content (AvgIpc) is 2.94. The number of aromatic nitrogens is 4. The molecule has 4 rings (SSSR count). The lowest BCUT2D eigenvalue weighted by Crippen LogP contribution is -2.15. The van der Waals surface area contributed by atoms with E-state index < -0.39 is 0 Å². The molecule has 26 heavy (non-hydrogen) atoms. The van der Waals surface area contributed by atoms with Gasteiger partial charge in [0.15, 0.2) is 22.1 Å². The maximum absolute atomic E-state index is 6.23. The maximum Gasteiger partial charge on any atom is 0.175 e. The zero-order valence-corrected chi connectivity index (χ0v) is 16.4. The molecule has 7 heteroatoms. The van der Waals surface area contributed by atoms with Crippen LogP contribution < -0.4 is 5.73 Å². The molecule has 2 aromatic heterocycles. The van der Waals surface area contributed by atoms with Gasteiger partial charge in [0, 0.05) is 16.5 Å². The van der Waals surface area contributed by atoms with Crippen molar-refractivity contribution in [3.8, 4) is 0 Å². The van der Waals surface area contributed by atoms with Gasteiger partial charge in [0.05, 0.1) is 0 Å². The van der Waals surface area contributed by atoms with Gasteiger partial charge in [-0.25, -0.2) is 15.0 Å². The summed E-state index contributed by atoms with van der Waals surface area (Å²) in [5.74, 6) is 1.10. The normalized spacial score (nSPS) is 15.6. The summed E-state index contributed by atoms with van der Waals surface area (Å²) >= 11 is 7.84. The Balaban J connectivity index is 1.74. The van der Waals surface area contributed by atoms with Crippen molar-refractivity contribution in [1.82, 2.24) is 19.5 Å². The van der Waals surface area contributed by atoms with Gasteiger partial charge in [-0.15, -0.1) is 0 Å². The fourth-order valence-corrected chi connectivity index (χ4v) is 5.08. The number of nitrogens with zero attached hydrogens (tertiary/aromatic N) is 4. The van der Waals surface area contributed by atoms with Gasteiger partial charge < -0.3 is 10.3 Å². The standard InChI is InChI=1S/C19H22ClN5S/c1-12-7-14(20)9-15(8-12)26-19-24-16-17(21)22-11-23-18(16)25(19)10-13-5-3-2-4-6-13/h7-9,11,13H,2-6,10H2,1H3,(H2,21,22,23). The van der Waals surface area contributed by atoms with E-state index in [1.807, 2.05) is 19.1 Å². The largest absolute Gasteiger partial charge is 0.382 e. The Morgan fingerprint density at radius 1 is 1.19 bits per heavy atom. The summed E-state index contributed by atoms with van der Waals surface area (Å²) in [5.41, 5.74) is 8.70. The molecular formula is C19H22ClN5S. The number of aryl methyl sites for hydroxylation is 1. The Morgan fingerprint density at radius 3 is 2.77 bits per heavy atom. The molecule has 0 amide bonds. The summed E-state index contributed by atoms with van der Waals surface area (Å²) in [5, 5.41) is 1.64. The molecule has 1 aliphatic carbocycles. The Hall–Kier alpha value is -1.79. The number of imidazole rings is 1. The molecule has 2 heterocycles. The first-order valence-electron chi connectivity index (χ1n) is 9.02. The molecule has 1 fully saturated rings. The Kier molecular flexibility index (Phi) is 5.05. The summed E-state index contributed by atoms with van der Waals surface area (Å²) in [6.45, 7) is 2.97. The number of hydrogen-bond donors (Lipinski definition) is 1. The van der Waals surface area contributed by atoms with Gasteiger partial charge >= 0.3 is 0 Å². The number of fused-ring (bicyclic) bond motifs is 1. The van der Waals surface area contributed by atoms with E-state index in [1.54, 1.807) is 11.8 Å². The first kappa shape index (κ1) is 17.6. The van der Waals surface area contributed by atoms with Crippen molar-refractivity contribution >= 4 is 40.3 Å². The highest BCUT2D eigenvalue weighted by molar-refractivity contribution is 7.99. The summed E-state index contributed by atoms with van der Waals surface area (Å²) in [6.07, 6.45) is 8.02. The minimum Gasteiger partial charge on any atom is -0.382 e. The molecular weight excluding hydrogens is 366 g/mol. The lowest BCUT2D eigenvalue weighted by molar-refractivity contribution is 0.314. The number of rotatable bonds is 4. The quantitative estimate of drug-likeness (QED) is 0.674. The van der Waals surface area contributed by atoms with Crippen molar-refractivity contribution in [3.63, 3.8) is 0 Å². The number of halogens is 1. The molecule has 0 atom stereocenters. The summed E-state index contributed by atoms with van der Waals surface area (Å²) in [7, 11) is 0. The van der Waals surface area contributed by atoms with Crippen LogP contribution in [0.25, 0.3) is 11.2 Å². The van der Waals surface area contributed by atoms with Gasteiger partial charge in [-0.05, 0) is 49.4 Å². The van der Waals surface area contributed by atoms with Crippen LogP contribution in [-0.4, -0.2) is 19.5 Å². The monoisotopic (exact) mass is 387 g/mol. The second-order valence-electron chi connectivity index (χ2n) is 7.01. The topological polar surface area (TPSA) is 69.6 Å². The minimum atomic E-state index is 0.432. The molecule has 136 valence electrons. The van der Waals surface area contributed by atoms with Crippen LogP contribution in [0.15, 0.2) is 34.6 Å². The molecule has 0 saturated heterocycles. The van der Waals surface area contributed by atoms with Crippen LogP contribution in [0.5, 0.6) is 0 Å². The number of nitrogens with two attached hydrogens (primary N) is 1. The maximum atomic E-state index is 6.23. The molecule has 1 saturated carbocycles. The average molecular weight is 388 g/mol. The van der Waals surface area contributed by atoms with Gasteiger partial charge in [-0.3, -0.25) is 0 Å². The number of hydrogen-bond acceptors (Lipinski definition) is 5. The van der Waals surface area contributed by atoms with Gasteiger partial charge in [0.1, 0.15) is 6.33 Å². The third-order valence-corrected chi connectivity index (χ3v) is 6.10. The molecule has 0 radical (unpaired) electrons. The van der Waals surface area contributed by atoms with Crippen molar-refractivity contribution in [3.05, 3.63) is 35.1 Å². The van der Waals surface area contributed by atoms with E-state index in [1.165, 1.54) is 38.4 Å². The third-order valence-electron chi connectivity index (χ3n) is 4.92. The highest BCUT2D eigenvalue weighted by Gasteiger charge is 2.21. The van der Waals surface area contributed by atoms with Gasteiger partial charge in [0.2, 0.25) is 0 Å². The minimum absolute atomic E-state index is 0.432. The van der Waals surface area contributed by atoms with Gasteiger partial charge in [-0.2, -0.15) is 0 Å². The number of nitrogen functional groups attached to an aromatic ring is 1. The molecule has 0 unspecified atom stereocenters. The molecule has 5 nitrogen and oxygen atoms in total. The molecule has 2 N–H and O–H groups in total. The van der Waals surface area contributed by atoms with Crippen molar-refractivity contribution in [2.75, 3.05) is 5.73 Å². The fourth-order valence-electron chi connectivity index (χ4n) is 3.67. The number of anilines is 1. The van der Waals surface area contributed by atoms with Crippen LogP contribution in [0, 0.1) is 12.8 Å². The Morgan fingerprint density at radius 2 is 2.00 bits per heavy atom. The molecule has 0 spiro atoms. The van der Waals surface area contributed by atoms with E-state index in [-0.39, 0.29) is 0 Å². The van der Waals surface area contributed by atoms with E-state index in [0.717, 1.165) is 32.8 Å². The lowest BCUT2D eigenvalue weighted by atomic mass is 9.89. The molecule has 0 bridgehead atoms. The second kappa shape index (κ2) is 7.45. The smallest absolute Gasteiger partial charge is 0.175 e. The predicted octanol–water partition coefficient (Wildman–Crippen LogP) is 5.10. The first-order valence-corrected chi connectivity index (χ1v) is 10.2. The predicted molar refractivity (Wildman–Crippen MR) is 107 cm³/mol. The van der Waals surface area contributed by atoms with Crippen molar-refractivity contribution in [2.24, 2.45) is 5.92 Å². The zero-order valence-electron chi connectivity index (χ0n) is 14.8. The first-order chi connectivity index (χ1) is 12.6. The lowest BCUT2D eigenvalue weighted by Gasteiger charge is -2.22. The van der Waals surface area contributed by atoms with E-state index in [2.05, 4.69) is 20.6 Å². The summed E-state index contributed by atoms with van der Waals surface area (Å²) < 4.78 is 2.21. The van der Waals surface area contributed by atoms with E-state index in [9.17, 15) is 0 Å². The van der Waals surface area contributed by atoms with E-state index in [0.29, 0.717) is 17.3 Å². The summed E-state index contributed by atoms with van der Waals surface area (Å²) in [6, 6.07) is 6.05. The van der Waals surface area contributed by atoms with Crippen LogP contribution in [0.1, 0.15) is 37.7 Å². The van der Waals surface area contributed by atoms with Crippen LogP contribution >= 0.6 is 23.4 Å². The Bertz CT molecular complexity index is 913. The van der Waals surface area contributed by atoms with Crippen LogP contribution in [-0.2, 0) is 6.54 Å². The van der Waals surface area contributed by atoms with Crippen molar-refractivity contribution in [2.45, 2.75) is 55.6 Å². The Labute approximate surface area is 162 Å². The third kappa shape index (κ3) is 3.67. The van der Waals surface area contributed by atoms with Crippen molar-refractivity contribution < 1.29 is 0 Å². The molecule has 1 aliphatic rings. The highest BCUT2D eigenvalue weighted by Crippen LogP contribution is 2.35. The molecule has 1 aromatic carbocycles. The van der Waals surface area contributed by atoms with Crippen LogP contribution in [0.3, 0.4) is 0 Å². The zero-order chi connectivity index (χ0) is 18.1. The second-order valence-corrected chi connectivity index (χ2v) is 8.48. The van der Waals surface area contributed by atoms with E-state index >= 15 is 0 Å².